The van der Waals surface area contributed by atoms with E-state index in [2.05, 4.69) is 10.6 Å². The van der Waals surface area contributed by atoms with Crippen molar-refractivity contribution >= 4 is 11.8 Å². The van der Waals surface area contributed by atoms with Gasteiger partial charge < -0.3 is 26.0 Å². The third-order valence-corrected chi connectivity index (χ3v) is 7.07. The van der Waals surface area contributed by atoms with Crippen LogP contribution in [0.15, 0.2) is 18.2 Å². The molecule has 200 valence electrons. The normalized spacial score (nSPS) is 25.4. The monoisotopic (exact) mass is 506 g/mol. The average molecular weight is 507 g/mol. The maximum atomic E-state index is 13.9. The second-order valence-corrected chi connectivity index (χ2v) is 9.96. The van der Waals surface area contributed by atoms with Crippen LogP contribution in [0.2, 0.25) is 0 Å². The Morgan fingerprint density at radius 1 is 1.22 bits per heavy atom. The number of hydrogen-bond acceptors (Lipinski definition) is 6. The Balaban J connectivity index is 1.79. The number of ether oxygens (including phenoxy) is 1. The first-order valence-corrected chi connectivity index (χ1v) is 13.1. The molecule has 10 heteroatoms. The number of nitrogens with one attached hydrogen (secondary N) is 2. The maximum Gasteiger partial charge on any atom is 0.293 e. The third kappa shape index (κ3) is 7.96. The number of unbranched alkanes of at least 4 members (excludes halogenated alkanes) is 1. The quantitative estimate of drug-likeness (QED) is 0.414. The molecule has 1 saturated carbocycles. The first-order valence-electron chi connectivity index (χ1n) is 13.1. The summed E-state index contributed by atoms with van der Waals surface area (Å²) in [6.45, 7) is 3.49. The summed E-state index contributed by atoms with van der Waals surface area (Å²) in [5, 5.41) is 6.20. The van der Waals surface area contributed by atoms with E-state index in [0.29, 0.717) is 57.7 Å². The number of halogens is 1. The van der Waals surface area contributed by atoms with Gasteiger partial charge in [0, 0.05) is 42.3 Å². The van der Waals surface area contributed by atoms with E-state index in [4.69, 9.17) is 10.5 Å². The van der Waals surface area contributed by atoms with Gasteiger partial charge in [-0.2, -0.15) is 0 Å². The molecule has 4 N–H and O–H groups in total. The van der Waals surface area contributed by atoms with Crippen LogP contribution in [0.25, 0.3) is 0 Å². The first kappa shape index (κ1) is 28.0. The summed E-state index contributed by atoms with van der Waals surface area (Å²) in [6.07, 6.45) is 4.95. The van der Waals surface area contributed by atoms with E-state index >= 15 is 0 Å². The van der Waals surface area contributed by atoms with E-state index in [1.807, 2.05) is 6.92 Å². The highest BCUT2D eigenvalue weighted by Gasteiger charge is 2.40. The topological polar surface area (TPSA) is 117 Å². The van der Waals surface area contributed by atoms with Crippen LogP contribution < -0.4 is 21.1 Å². The molecule has 0 saturated heterocycles. The van der Waals surface area contributed by atoms with Gasteiger partial charge in [-0.3, -0.25) is 9.59 Å². The Hall–Kier alpha value is -2.59. The second-order valence-electron chi connectivity index (χ2n) is 9.96. The lowest BCUT2D eigenvalue weighted by Crippen LogP contribution is -2.52. The standard InChI is InChI=1S/C26H40FN5O4/c1-18-17-32(35)22(7-3-4-12-28)25(33)30-13-5-6-19-10-11-21(27)16-23(19)36-15-14-29-24(20-8-9-20)26(34)31(18)2/h10-11,16,18,20,22,24,29H,3-9,12-15,17,28H2,1-2H3/p+1. The van der Waals surface area contributed by atoms with Crippen molar-refractivity contribution in [2.45, 2.75) is 70.0 Å². The summed E-state index contributed by atoms with van der Waals surface area (Å²) < 4.78 is 20.6. The van der Waals surface area contributed by atoms with Gasteiger partial charge in [-0.15, -0.1) is 0 Å². The van der Waals surface area contributed by atoms with Crippen LogP contribution in [-0.2, 0) is 16.0 Å². The lowest BCUT2D eigenvalue weighted by Gasteiger charge is -2.28. The second kappa shape index (κ2) is 13.6. The van der Waals surface area contributed by atoms with Crippen LogP contribution in [-0.4, -0.2) is 79.4 Å². The fourth-order valence-corrected chi connectivity index (χ4v) is 4.57. The molecule has 2 aliphatic rings. The van der Waals surface area contributed by atoms with Crippen LogP contribution >= 0.6 is 0 Å². The summed E-state index contributed by atoms with van der Waals surface area (Å²) in [5.74, 6) is -0.0579. The number of aryl methyl sites for hydroxylation is 1. The number of carbonyl (C=O) groups excluding carboxylic acids is 2. The molecule has 36 heavy (non-hydrogen) atoms. The van der Waals surface area contributed by atoms with Crippen LogP contribution in [0.1, 0.15) is 51.0 Å². The molecule has 0 bridgehead atoms. The molecule has 0 aromatic heterocycles. The SMILES string of the molecule is CC1C[N+](=O)C(CCCCN)C(=O)NCCCc2ccc(F)cc2OCCNC(C2CC2)C(=O)N1C. The molecule has 9 nitrogen and oxygen atoms in total. The highest BCUT2D eigenvalue weighted by molar-refractivity contribution is 5.82. The number of benzene rings is 1. The summed E-state index contributed by atoms with van der Waals surface area (Å²) in [7, 11) is 1.70. The molecular weight excluding hydrogens is 465 g/mol. The lowest BCUT2D eigenvalue weighted by atomic mass is 10.1. The molecule has 3 unspecified atom stereocenters. The largest absolute Gasteiger partial charge is 0.492 e. The first-order chi connectivity index (χ1) is 17.3. The highest BCUT2D eigenvalue weighted by Crippen LogP contribution is 2.33. The van der Waals surface area contributed by atoms with E-state index in [0.717, 1.165) is 29.6 Å². The van der Waals surface area contributed by atoms with Crippen molar-refractivity contribution in [3.63, 3.8) is 0 Å². The van der Waals surface area contributed by atoms with Gasteiger partial charge in [0.1, 0.15) is 18.2 Å². The zero-order chi connectivity index (χ0) is 26.1. The summed E-state index contributed by atoms with van der Waals surface area (Å²) in [4.78, 5) is 41.0. The van der Waals surface area contributed by atoms with Gasteiger partial charge in [-0.1, -0.05) is 6.07 Å². The van der Waals surface area contributed by atoms with Crippen molar-refractivity contribution in [2.24, 2.45) is 11.7 Å². The summed E-state index contributed by atoms with van der Waals surface area (Å²) >= 11 is 0. The van der Waals surface area contributed by atoms with Gasteiger partial charge >= 0.3 is 0 Å². The van der Waals surface area contributed by atoms with Crippen molar-refractivity contribution in [3.05, 3.63) is 34.5 Å². The van der Waals surface area contributed by atoms with Crippen LogP contribution in [0.4, 0.5) is 4.39 Å². The Labute approximate surface area is 212 Å². The van der Waals surface area contributed by atoms with Crippen LogP contribution in [0.5, 0.6) is 5.75 Å². The van der Waals surface area contributed by atoms with Crippen LogP contribution in [0.3, 0.4) is 0 Å². The predicted octanol–water partition coefficient (Wildman–Crippen LogP) is 1.76. The number of hydrogen-bond donors (Lipinski definition) is 3. The molecular formula is C26H41FN5O4+. The van der Waals surface area contributed by atoms with Crippen molar-refractivity contribution in [1.82, 2.24) is 15.5 Å². The molecule has 0 radical (unpaired) electrons. The summed E-state index contributed by atoms with van der Waals surface area (Å²) in [5.41, 5.74) is 6.45. The van der Waals surface area contributed by atoms with Gasteiger partial charge in [0.15, 0.2) is 0 Å². The summed E-state index contributed by atoms with van der Waals surface area (Å²) in [6, 6.07) is 2.88. The van der Waals surface area contributed by atoms with Crippen molar-refractivity contribution < 1.29 is 23.5 Å². The smallest absolute Gasteiger partial charge is 0.293 e. The minimum atomic E-state index is -0.844. The molecule has 1 aliphatic heterocycles. The van der Waals surface area contributed by atoms with E-state index < -0.39 is 6.04 Å². The van der Waals surface area contributed by atoms with Crippen LogP contribution in [0, 0.1) is 16.6 Å². The number of likely N-dealkylation sites (N-methyl/N-ethyl adjacent to an activating group) is 1. The number of nitrogens with zero attached hydrogens (tertiary/aromatic N) is 2. The van der Waals surface area contributed by atoms with E-state index in [9.17, 15) is 18.9 Å². The minimum absolute atomic E-state index is 0.0440. The third-order valence-electron chi connectivity index (χ3n) is 7.07. The zero-order valence-corrected chi connectivity index (χ0v) is 21.5. The fraction of sp³-hybridized carbons (Fsp3) is 0.692. The van der Waals surface area contributed by atoms with E-state index in [1.165, 1.54) is 12.1 Å². The van der Waals surface area contributed by atoms with E-state index in [-0.39, 0.29) is 42.2 Å². The van der Waals surface area contributed by atoms with Gasteiger partial charge in [0.25, 0.3) is 11.9 Å². The number of carbonyl (C=O) groups is 2. The molecule has 1 aromatic rings. The molecule has 3 atom stereocenters. The maximum absolute atomic E-state index is 13.9. The number of rotatable bonds is 5. The molecule has 1 aromatic carbocycles. The molecule has 2 amide bonds. The fourth-order valence-electron chi connectivity index (χ4n) is 4.57. The van der Waals surface area contributed by atoms with Gasteiger partial charge in [-0.05, 0) is 69.5 Å². The minimum Gasteiger partial charge on any atom is -0.492 e. The van der Waals surface area contributed by atoms with Gasteiger partial charge in [-0.25, -0.2) is 4.39 Å². The molecule has 1 heterocycles. The van der Waals surface area contributed by atoms with Crippen molar-refractivity contribution in [2.75, 3.05) is 39.8 Å². The van der Waals surface area contributed by atoms with E-state index in [1.54, 1.807) is 18.0 Å². The molecule has 1 fully saturated rings. The predicted molar refractivity (Wildman–Crippen MR) is 135 cm³/mol. The molecule has 0 spiro atoms. The lowest BCUT2D eigenvalue weighted by molar-refractivity contribution is -0.577. The number of nitroso groups, excluding NO2 is 1. The molecule has 1 aliphatic carbocycles. The zero-order valence-electron chi connectivity index (χ0n) is 21.5. The number of fused-ring (bicyclic) bond motifs is 1. The Morgan fingerprint density at radius 2 is 2.00 bits per heavy atom. The van der Waals surface area contributed by atoms with Crippen molar-refractivity contribution in [3.8, 4) is 5.75 Å². The number of nitrogens with two attached hydrogens (primary N) is 1. The van der Waals surface area contributed by atoms with Crippen molar-refractivity contribution in [1.29, 1.82) is 0 Å². The Bertz CT molecular complexity index is 910. The number of amides is 2. The average Bonchev–Trinajstić information content (AvgIpc) is 3.69. The Morgan fingerprint density at radius 3 is 2.72 bits per heavy atom. The Kier molecular flexibility index (Phi) is 10.6. The molecule has 3 rings (SSSR count). The van der Waals surface area contributed by atoms with Gasteiger partial charge in [0.2, 0.25) is 12.5 Å². The van der Waals surface area contributed by atoms with Gasteiger partial charge in [0.05, 0.1) is 12.1 Å². The highest BCUT2D eigenvalue weighted by atomic mass is 19.1.